The molecule has 0 rings (SSSR count). The maximum absolute atomic E-state index is 11.6. The number of nitrogens with one attached hydrogen (secondary N) is 2. The number of hydrogen-bond acceptors (Lipinski definition) is 4. The summed E-state index contributed by atoms with van der Waals surface area (Å²) in [5.41, 5.74) is 5.47. The van der Waals surface area contributed by atoms with E-state index >= 15 is 0 Å². The number of carbonyl (C=O) groups excluding carboxylic acids is 2. The molecule has 6 nitrogen and oxygen atoms in total. The summed E-state index contributed by atoms with van der Waals surface area (Å²) in [6, 6.07) is -0.832. The van der Waals surface area contributed by atoms with Crippen molar-refractivity contribution in [1.29, 1.82) is 0 Å². The Balaban J connectivity index is 4.29. The minimum atomic E-state index is -0.485. The summed E-state index contributed by atoms with van der Waals surface area (Å²) in [4.78, 5) is 24.6. The van der Waals surface area contributed by atoms with Gasteiger partial charge in [0.2, 0.25) is 5.91 Å². The summed E-state index contributed by atoms with van der Waals surface area (Å²) in [5.74, 6) is -0.304. The lowest BCUT2D eigenvalue weighted by molar-refractivity contribution is -0.124. The van der Waals surface area contributed by atoms with Crippen LogP contribution in [0.4, 0.5) is 4.79 Å². The Morgan fingerprint density at radius 2 is 2.00 bits per heavy atom. The molecular weight excluding hydrogens is 208 g/mol. The standard InChI is InChI=1S/C10H22N4O2/c1-4-6-14(7-5-11)8(2)9(15)13-10(16)12-3/h8H,4-7,11H2,1-3H3,(H2,12,13,15,16). The summed E-state index contributed by atoms with van der Waals surface area (Å²) >= 11 is 0. The third-order valence-electron chi connectivity index (χ3n) is 2.32. The van der Waals surface area contributed by atoms with Gasteiger partial charge in [-0.2, -0.15) is 0 Å². The van der Waals surface area contributed by atoms with Crippen LogP contribution in [0.25, 0.3) is 0 Å². The number of urea groups is 1. The highest BCUT2D eigenvalue weighted by atomic mass is 16.2. The Morgan fingerprint density at radius 3 is 2.44 bits per heavy atom. The molecule has 0 heterocycles. The number of imide groups is 1. The van der Waals surface area contributed by atoms with E-state index in [1.54, 1.807) is 6.92 Å². The highest BCUT2D eigenvalue weighted by Crippen LogP contribution is 2.00. The molecule has 0 spiro atoms. The van der Waals surface area contributed by atoms with Crippen LogP contribution in [0.3, 0.4) is 0 Å². The Kier molecular flexibility index (Phi) is 7.49. The van der Waals surface area contributed by atoms with Crippen LogP contribution in [0.5, 0.6) is 0 Å². The SMILES string of the molecule is CCCN(CCN)C(C)C(=O)NC(=O)NC. The number of rotatable bonds is 6. The zero-order chi connectivity index (χ0) is 12.6. The molecule has 0 saturated carbocycles. The van der Waals surface area contributed by atoms with Crippen LogP contribution in [-0.2, 0) is 4.79 Å². The zero-order valence-electron chi connectivity index (χ0n) is 10.2. The predicted molar refractivity (Wildman–Crippen MR) is 63.0 cm³/mol. The number of nitrogens with two attached hydrogens (primary N) is 1. The normalized spacial score (nSPS) is 12.3. The van der Waals surface area contributed by atoms with Crippen LogP contribution in [0.1, 0.15) is 20.3 Å². The van der Waals surface area contributed by atoms with Gasteiger partial charge in [-0.05, 0) is 19.9 Å². The van der Waals surface area contributed by atoms with E-state index in [4.69, 9.17) is 5.73 Å². The summed E-state index contributed by atoms with van der Waals surface area (Å²) in [6.07, 6.45) is 0.942. The van der Waals surface area contributed by atoms with Crippen molar-refractivity contribution in [2.45, 2.75) is 26.3 Å². The Bertz CT molecular complexity index is 227. The van der Waals surface area contributed by atoms with Gasteiger partial charge in [-0.15, -0.1) is 0 Å². The molecule has 94 valence electrons. The molecule has 6 heteroatoms. The highest BCUT2D eigenvalue weighted by molar-refractivity contribution is 5.96. The van der Waals surface area contributed by atoms with Gasteiger partial charge in [0.05, 0.1) is 6.04 Å². The lowest BCUT2D eigenvalue weighted by atomic mass is 10.2. The second-order valence-corrected chi connectivity index (χ2v) is 3.57. The second-order valence-electron chi connectivity index (χ2n) is 3.57. The Morgan fingerprint density at radius 1 is 1.38 bits per heavy atom. The van der Waals surface area contributed by atoms with Gasteiger partial charge in [-0.25, -0.2) is 4.79 Å². The van der Waals surface area contributed by atoms with Crippen molar-refractivity contribution in [3.63, 3.8) is 0 Å². The summed E-state index contributed by atoms with van der Waals surface area (Å²) in [5, 5.41) is 4.59. The average molecular weight is 230 g/mol. The van der Waals surface area contributed by atoms with Gasteiger partial charge in [0.15, 0.2) is 0 Å². The molecule has 0 fully saturated rings. The predicted octanol–water partition coefficient (Wildman–Crippen LogP) is -0.499. The maximum Gasteiger partial charge on any atom is 0.321 e. The van der Waals surface area contributed by atoms with Crippen molar-refractivity contribution >= 4 is 11.9 Å². The van der Waals surface area contributed by atoms with Crippen LogP contribution < -0.4 is 16.4 Å². The van der Waals surface area contributed by atoms with Gasteiger partial charge in [0.1, 0.15) is 0 Å². The lowest BCUT2D eigenvalue weighted by Crippen LogP contribution is -2.50. The molecule has 0 aromatic heterocycles. The average Bonchev–Trinajstić information content (AvgIpc) is 2.27. The fourth-order valence-electron chi connectivity index (χ4n) is 1.40. The lowest BCUT2D eigenvalue weighted by Gasteiger charge is -2.26. The summed E-state index contributed by atoms with van der Waals surface area (Å²) in [6.45, 7) is 5.74. The molecule has 0 aromatic rings. The van der Waals surface area contributed by atoms with E-state index in [1.165, 1.54) is 7.05 Å². The van der Waals surface area contributed by atoms with Crippen molar-refractivity contribution in [1.82, 2.24) is 15.5 Å². The largest absolute Gasteiger partial charge is 0.341 e. The maximum atomic E-state index is 11.6. The first-order valence-corrected chi connectivity index (χ1v) is 5.53. The van der Waals surface area contributed by atoms with Crippen molar-refractivity contribution in [2.24, 2.45) is 5.73 Å². The van der Waals surface area contributed by atoms with Gasteiger partial charge >= 0.3 is 6.03 Å². The van der Waals surface area contributed by atoms with Crippen LogP contribution in [0.15, 0.2) is 0 Å². The van der Waals surface area contributed by atoms with E-state index in [1.807, 2.05) is 11.8 Å². The monoisotopic (exact) mass is 230 g/mol. The highest BCUT2D eigenvalue weighted by Gasteiger charge is 2.21. The van der Waals surface area contributed by atoms with E-state index < -0.39 is 6.03 Å². The molecule has 0 aliphatic rings. The van der Waals surface area contributed by atoms with E-state index in [9.17, 15) is 9.59 Å². The van der Waals surface area contributed by atoms with E-state index in [0.717, 1.165) is 13.0 Å². The van der Waals surface area contributed by atoms with Crippen molar-refractivity contribution in [3.8, 4) is 0 Å². The Labute approximate surface area is 96.5 Å². The minimum absolute atomic E-state index is 0.304. The first-order valence-electron chi connectivity index (χ1n) is 5.53. The van der Waals surface area contributed by atoms with Crippen LogP contribution in [0, 0.1) is 0 Å². The fraction of sp³-hybridized carbons (Fsp3) is 0.800. The molecule has 0 aromatic carbocycles. The molecule has 0 bridgehead atoms. The third kappa shape index (κ3) is 5.09. The summed E-state index contributed by atoms with van der Waals surface area (Å²) < 4.78 is 0. The van der Waals surface area contributed by atoms with Crippen molar-refractivity contribution in [3.05, 3.63) is 0 Å². The molecular formula is C10H22N4O2. The van der Waals surface area contributed by atoms with Gasteiger partial charge in [0.25, 0.3) is 0 Å². The molecule has 0 aliphatic carbocycles. The Hall–Kier alpha value is -1.14. The van der Waals surface area contributed by atoms with Crippen molar-refractivity contribution in [2.75, 3.05) is 26.7 Å². The van der Waals surface area contributed by atoms with Crippen molar-refractivity contribution < 1.29 is 9.59 Å². The fourth-order valence-corrected chi connectivity index (χ4v) is 1.40. The molecule has 1 atom stereocenters. The third-order valence-corrected chi connectivity index (χ3v) is 2.32. The number of carbonyl (C=O) groups is 2. The van der Waals surface area contributed by atoms with Crippen LogP contribution >= 0.6 is 0 Å². The van der Waals surface area contributed by atoms with Gasteiger partial charge in [0, 0.05) is 20.1 Å². The van der Waals surface area contributed by atoms with Crippen LogP contribution in [0.2, 0.25) is 0 Å². The van der Waals surface area contributed by atoms with Crippen LogP contribution in [-0.4, -0.2) is 49.6 Å². The second kappa shape index (κ2) is 8.06. The number of amides is 3. The molecule has 4 N–H and O–H groups in total. The smallest absolute Gasteiger partial charge is 0.321 e. The molecule has 0 saturated heterocycles. The first kappa shape index (κ1) is 14.9. The van der Waals surface area contributed by atoms with E-state index in [-0.39, 0.29) is 11.9 Å². The molecule has 3 amide bonds. The molecule has 16 heavy (non-hydrogen) atoms. The van der Waals surface area contributed by atoms with E-state index in [2.05, 4.69) is 10.6 Å². The summed E-state index contributed by atoms with van der Waals surface area (Å²) in [7, 11) is 1.47. The van der Waals surface area contributed by atoms with Gasteiger partial charge in [-0.3, -0.25) is 15.0 Å². The topological polar surface area (TPSA) is 87.5 Å². The number of hydrogen-bond donors (Lipinski definition) is 3. The zero-order valence-corrected chi connectivity index (χ0v) is 10.2. The molecule has 0 aliphatic heterocycles. The quantitative estimate of drug-likeness (QED) is 0.574. The van der Waals surface area contributed by atoms with Gasteiger partial charge < -0.3 is 11.1 Å². The minimum Gasteiger partial charge on any atom is -0.341 e. The van der Waals surface area contributed by atoms with Gasteiger partial charge in [-0.1, -0.05) is 6.92 Å². The molecule has 1 unspecified atom stereocenters. The molecule has 0 radical (unpaired) electrons. The van der Waals surface area contributed by atoms with E-state index in [0.29, 0.717) is 13.1 Å². The first-order chi connectivity index (χ1) is 7.56. The number of nitrogens with zero attached hydrogens (tertiary/aromatic N) is 1.